The smallest absolute Gasteiger partial charge is 0.223 e. The maximum Gasteiger partial charge on any atom is 0.223 e. The van der Waals surface area contributed by atoms with Gasteiger partial charge in [-0.25, -0.2) is 0 Å². The molecule has 0 aromatic rings. The van der Waals surface area contributed by atoms with Crippen LogP contribution in [0.4, 0.5) is 0 Å². The molecule has 1 rings (SSSR count). The van der Waals surface area contributed by atoms with Crippen molar-refractivity contribution in [1.82, 2.24) is 5.32 Å². The predicted molar refractivity (Wildman–Crippen MR) is 55.7 cm³/mol. The lowest BCUT2D eigenvalue weighted by atomic mass is 9.93. The number of rotatable bonds is 4. The highest BCUT2D eigenvalue weighted by atomic mass is 35.5. The molecule has 5 heteroatoms. The standard InChI is InChI=1S/C9H13Cl2NO2/c10-5-8(13)7(11)4-6-2-1-3-12-9(6)14/h6-7H,1-5H2,(H,12,14). The normalized spacial score (nSPS) is 24.1. The SMILES string of the molecule is O=C(CCl)C(Cl)CC1CCCNC1=O. The van der Waals surface area contributed by atoms with E-state index >= 15 is 0 Å². The minimum atomic E-state index is -0.624. The maximum absolute atomic E-state index is 11.3. The number of piperidine rings is 1. The number of amides is 1. The van der Waals surface area contributed by atoms with Crippen molar-refractivity contribution in [2.75, 3.05) is 12.4 Å². The molecule has 1 fully saturated rings. The average Bonchev–Trinajstić information content (AvgIpc) is 2.20. The van der Waals surface area contributed by atoms with Gasteiger partial charge in [-0.3, -0.25) is 9.59 Å². The highest BCUT2D eigenvalue weighted by molar-refractivity contribution is 6.38. The largest absolute Gasteiger partial charge is 0.356 e. The van der Waals surface area contributed by atoms with E-state index in [0.29, 0.717) is 6.42 Å². The van der Waals surface area contributed by atoms with Crippen LogP contribution in [0.5, 0.6) is 0 Å². The molecule has 0 spiro atoms. The number of alkyl halides is 2. The van der Waals surface area contributed by atoms with E-state index in [1.165, 1.54) is 0 Å². The fraction of sp³-hybridized carbons (Fsp3) is 0.778. The summed E-state index contributed by atoms with van der Waals surface area (Å²) in [5.41, 5.74) is 0. The first-order chi connectivity index (χ1) is 6.65. The minimum absolute atomic E-state index is 0.00396. The molecule has 2 unspecified atom stereocenters. The predicted octanol–water partition coefficient (Wildman–Crippen LogP) is 1.32. The summed E-state index contributed by atoms with van der Waals surface area (Å²) in [4.78, 5) is 22.4. The zero-order valence-corrected chi connectivity index (χ0v) is 9.27. The van der Waals surface area contributed by atoms with Crippen LogP contribution in [0, 0.1) is 5.92 Å². The van der Waals surface area contributed by atoms with Crippen molar-refractivity contribution in [3.63, 3.8) is 0 Å². The number of halogens is 2. The summed E-state index contributed by atoms with van der Waals surface area (Å²) in [5, 5.41) is 2.13. The van der Waals surface area contributed by atoms with Gasteiger partial charge in [-0.1, -0.05) is 0 Å². The third kappa shape index (κ3) is 3.14. The molecule has 1 N–H and O–H groups in total. The summed E-state index contributed by atoms with van der Waals surface area (Å²) < 4.78 is 0. The van der Waals surface area contributed by atoms with Crippen LogP contribution in [0.2, 0.25) is 0 Å². The summed E-state index contributed by atoms with van der Waals surface area (Å²) in [7, 11) is 0. The number of Topliss-reactive ketones (excluding diaryl/α,β-unsaturated/α-hetero) is 1. The number of carbonyl (C=O) groups excluding carboxylic acids is 2. The first kappa shape index (κ1) is 11.8. The van der Waals surface area contributed by atoms with Gasteiger partial charge >= 0.3 is 0 Å². The summed E-state index contributed by atoms with van der Waals surface area (Å²) in [5.74, 6) is -0.405. The molecule has 0 aromatic carbocycles. The molecule has 14 heavy (non-hydrogen) atoms. The number of carbonyl (C=O) groups is 2. The first-order valence-electron chi connectivity index (χ1n) is 4.65. The molecule has 0 saturated carbocycles. The number of hydrogen-bond acceptors (Lipinski definition) is 2. The van der Waals surface area contributed by atoms with Crippen LogP contribution in [0.25, 0.3) is 0 Å². The Bertz CT molecular complexity index is 233. The van der Waals surface area contributed by atoms with Crippen LogP contribution in [0.1, 0.15) is 19.3 Å². The van der Waals surface area contributed by atoms with E-state index in [1.807, 2.05) is 0 Å². The molecule has 0 radical (unpaired) electrons. The molecule has 1 amide bonds. The quantitative estimate of drug-likeness (QED) is 0.751. The lowest BCUT2D eigenvalue weighted by Gasteiger charge is -2.22. The van der Waals surface area contributed by atoms with Gasteiger partial charge in [0.25, 0.3) is 0 Å². The highest BCUT2D eigenvalue weighted by Crippen LogP contribution is 2.20. The van der Waals surface area contributed by atoms with Crippen molar-refractivity contribution in [2.45, 2.75) is 24.6 Å². The Morgan fingerprint density at radius 3 is 2.93 bits per heavy atom. The molecule has 1 saturated heterocycles. The molecule has 1 aliphatic heterocycles. The van der Waals surface area contributed by atoms with Gasteiger partial charge in [-0.05, 0) is 19.3 Å². The summed E-state index contributed by atoms with van der Waals surface area (Å²) in [6, 6.07) is 0. The average molecular weight is 238 g/mol. The summed E-state index contributed by atoms with van der Waals surface area (Å²) in [6.07, 6.45) is 2.17. The van der Waals surface area contributed by atoms with Gasteiger partial charge in [0.1, 0.15) is 0 Å². The Morgan fingerprint density at radius 2 is 2.36 bits per heavy atom. The van der Waals surface area contributed by atoms with E-state index < -0.39 is 5.38 Å². The second kappa shape index (κ2) is 5.56. The number of ketones is 1. The molecule has 1 heterocycles. The molecule has 80 valence electrons. The number of hydrogen-bond donors (Lipinski definition) is 1. The highest BCUT2D eigenvalue weighted by Gasteiger charge is 2.27. The second-order valence-corrected chi connectivity index (χ2v) is 4.23. The van der Waals surface area contributed by atoms with E-state index in [9.17, 15) is 9.59 Å². The van der Waals surface area contributed by atoms with E-state index in [0.717, 1.165) is 19.4 Å². The monoisotopic (exact) mass is 237 g/mol. The molecular weight excluding hydrogens is 225 g/mol. The Kier molecular flexibility index (Phi) is 4.69. The molecule has 0 bridgehead atoms. The van der Waals surface area contributed by atoms with Crippen LogP contribution < -0.4 is 5.32 Å². The van der Waals surface area contributed by atoms with Crippen molar-refractivity contribution in [1.29, 1.82) is 0 Å². The Balaban J connectivity index is 2.42. The lowest BCUT2D eigenvalue weighted by Crippen LogP contribution is -2.38. The molecule has 0 aliphatic carbocycles. The van der Waals surface area contributed by atoms with Gasteiger partial charge in [-0.2, -0.15) is 0 Å². The maximum atomic E-state index is 11.3. The van der Waals surface area contributed by atoms with Gasteiger partial charge in [-0.15, -0.1) is 23.2 Å². The molecule has 0 aromatic heterocycles. The van der Waals surface area contributed by atoms with Crippen LogP contribution in [0.3, 0.4) is 0 Å². The van der Waals surface area contributed by atoms with Crippen molar-refractivity contribution < 1.29 is 9.59 Å². The van der Waals surface area contributed by atoms with Gasteiger partial charge in [0.15, 0.2) is 5.78 Å². The minimum Gasteiger partial charge on any atom is -0.356 e. The van der Waals surface area contributed by atoms with Crippen LogP contribution in [-0.4, -0.2) is 29.5 Å². The Hall–Kier alpha value is -0.280. The summed E-state index contributed by atoms with van der Waals surface area (Å²) >= 11 is 11.2. The van der Waals surface area contributed by atoms with Gasteiger partial charge in [0.2, 0.25) is 5.91 Å². The van der Waals surface area contributed by atoms with E-state index in [4.69, 9.17) is 23.2 Å². The van der Waals surface area contributed by atoms with Crippen LogP contribution >= 0.6 is 23.2 Å². The van der Waals surface area contributed by atoms with Crippen LogP contribution in [0.15, 0.2) is 0 Å². The van der Waals surface area contributed by atoms with Gasteiger partial charge in [0.05, 0.1) is 11.3 Å². The van der Waals surface area contributed by atoms with Gasteiger partial charge in [0, 0.05) is 12.5 Å². The van der Waals surface area contributed by atoms with Crippen molar-refractivity contribution >= 4 is 34.9 Å². The first-order valence-corrected chi connectivity index (χ1v) is 5.62. The number of nitrogens with one attached hydrogen (secondary N) is 1. The summed E-state index contributed by atoms with van der Waals surface area (Å²) in [6.45, 7) is 0.728. The second-order valence-electron chi connectivity index (χ2n) is 3.43. The fourth-order valence-corrected chi connectivity index (χ4v) is 2.08. The Morgan fingerprint density at radius 1 is 1.64 bits per heavy atom. The van der Waals surface area contributed by atoms with Gasteiger partial charge < -0.3 is 5.32 Å². The third-order valence-corrected chi connectivity index (χ3v) is 3.06. The fourth-order valence-electron chi connectivity index (χ4n) is 1.53. The van der Waals surface area contributed by atoms with Crippen LogP contribution in [-0.2, 0) is 9.59 Å². The topological polar surface area (TPSA) is 46.2 Å². The van der Waals surface area contributed by atoms with E-state index in [1.54, 1.807) is 0 Å². The lowest BCUT2D eigenvalue weighted by molar-refractivity contribution is -0.127. The van der Waals surface area contributed by atoms with Crippen molar-refractivity contribution in [3.05, 3.63) is 0 Å². The zero-order valence-electron chi connectivity index (χ0n) is 7.76. The molecule has 1 aliphatic rings. The van der Waals surface area contributed by atoms with E-state index in [2.05, 4.69) is 5.32 Å². The van der Waals surface area contributed by atoms with E-state index in [-0.39, 0.29) is 23.5 Å². The van der Waals surface area contributed by atoms with Crippen molar-refractivity contribution in [2.24, 2.45) is 5.92 Å². The zero-order chi connectivity index (χ0) is 10.6. The molecular formula is C9H13Cl2NO2. The third-order valence-electron chi connectivity index (χ3n) is 2.37. The molecule has 2 atom stereocenters. The van der Waals surface area contributed by atoms with Crippen molar-refractivity contribution in [3.8, 4) is 0 Å². The Labute approximate surface area is 93.1 Å². The molecule has 3 nitrogen and oxygen atoms in total.